The molecule has 4 heteroatoms. The van der Waals surface area contributed by atoms with Gasteiger partial charge in [-0.2, -0.15) is 0 Å². The number of carbonyl (C=O) groups is 1. The fraction of sp³-hybridized carbons (Fsp3) is 0.0667. The van der Waals surface area contributed by atoms with Gasteiger partial charge < -0.3 is 9.67 Å². The molecule has 1 aromatic carbocycles. The first-order chi connectivity index (χ1) is 9.18. The van der Waals surface area contributed by atoms with Gasteiger partial charge in [-0.15, -0.1) is 0 Å². The Kier molecular flexibility index (Phi) is 3.79. The maximum atomic E-state index is 11.8. The van der Waals surface area contributed by atoms with Crippen LogP contribution >= 0.6 is 0 Å². The minimum Gasteiger partial charge on any atom is -0.477 e. The van der Waals surface area contributed by atoms with Crippen LogP contribution in [0.5, 0.6) is 0 Å². The van der Waals surface area contributed by atoms with E-state index in [0.29, 0.717) is 0 Å². The van der Waals surface area contributed by atoms with Crippen LogP contribution in [0.1, 0.15) is 15.9 Å². The number of carboxylic acids is 1. The molecule has 0 aliphatic heterocycles. The van der Waals surface area contributed by atoms with Crippen LogP contribution in [0.2, 0.25) is 0 Å². The standard InChI is InChI=1S/C15H11NO3/c17-14-13(15(18)19)9-5-11-16(14)10-4-8-12-6-2-1-3-7-12/h1-3,5-7,9,11H,10H2,(H,18,19). The number of pyridine rings is 1. The van der Waals surface area contributed by atoms with E-state index in [0.717, 1.165) is 5.56 Å². The molecule has 1 N–H and O–H groups in total. The van der Waals surface area contributed by atoms with Gasteiger partial charge in [-0.05, 0) is 24.3 Å². The number of hydrogen-bond acceptors (Lipinski definition) is 2. The highest BCUT2D eigenvalue weighted by atomic mass is 16.4. The lowest BCUT2D eigenvalue weighted by Gasteiger charge is -2.01. The molecule has 0 aliphatic carbocycles. The van der Waals surface area contributed by atoms with Gasteiger partial charge in [-0.25, -0.2) is 4.79 Å². The second kappa shape index (κ2) is 5.69. The fourth-order valence-corrected chi connectivity index (χ4v) is 1.57. The molecule has 0 saturated heterocycles. The summed E-state index contributed by atoms with van der Waals surface area (Å²) in [4.78, 5) is 22.6. The Hall–Kier alpha value is -2.80. The lowest BCUT2D eigenvalue weighted by molar-refractivity contribution is 0.0694. The van der Waals surface area contributed by atoms with Gasteiger partial charge in [0.15, 0.2) is 0 Å². The Bertz CT molecular complexity index is 705. The average Bonchev–Trinajstić information content (AvgIpc) is 2.41. The third kappa shape index (κ3) is 3.11. The van der Waals surface area contributed by atoms with E-state index in [4.69, 9.17) is 5.11 Å². The van der Waals surface area contributed by atoms with Crippen molar-refractivity contribution in [3.63, 3.8) is 0 Å². The van der Waals surface area contributed by atoms with E-state index < -0.39 is 11.5 Å². The second-order valence-corrected chi connectivity index (χ2v) is 3.83. The van der Waals surface area contributed by atoms with E-state index in [2.05, 4.69) is 11.8 Å². The molecular weight excluding hydrogens is 242 g/mol. The van der Waals surface area contributed by atoms with Gasteiger partial charge in [0.25, 0.3) is 5.56 Å². The third-order valence-corrected chi connectivity index (χ3v) is 2.51. The van der Waals surface area contributed by atoms with Crippen LogP contribution in [0, 0.1) is 11.8 Å². The SMILES string of the molecule is O=C(O)c1cccn(CC#Cc2ccccc2)c1=O. The first kappa shape index (κ1) is 12.7. The fourth-order valence-electron chi connectivity index (χ4n) is 1.57. The van der Waals surface area contributed by atoms with Crippen LogP contribution in [0.15, 0.2) is 53.5 Å². The quantitative estimate of drug-likeness (QED) is 0.827. The summed E-state index contributed by atoms with van der Waals surface area (Å²) < 4.78 is 1.28. The molecule has 0 amide bonds. The smallest absolute Gasteiger partial charge is 0.341 e. The third-order valence-electron chi connectivity index (χ3n) is 2.51. The van der Waals surface area contributed by atoms with Crippen LogP contribution in [0.4, 0.5) is 0 Å². The van der Waals surface area contributed by atoms with Crippen molar-refractivity contribution in [3.05, 3.63) is 70.1 Å². The van der Waals surface area contributed by atoms with E-state index in [-0.39, 0.29) is 12.1 Å². The Balaban J connectivity index is 2.22. The van der Waals surface area contributed by atoms with Crippen molar-refractivity contribution in [2.24, 2.45) is 0 Å². The van der Waals surface area contributed by atoms with Gasteiger partial charge in [-0.3, -0.25) is 4.79 Å². The van der Waals surface area contributed by atoms with Gasteiger partial charge in [0.1, 0.15) is 5.56 Å². The van der Waals surface area contributed by atoms with E-state index in [1.807, 2.05) is 30.3 Å². The average molecular weight is 253 g/mol. The molecule has 0 radical (unpaired) electrons. The van der Waals surface area contributed by atoms with Crippen molar-refractivity contribution in [1.82, 2.24) is 4.57 Å². The Morgan fingerprint density at radius 3 is 2.58 bits per heavy atom. The van der Waals surface area contributed by atoms with Crippen LogP contribution in [0.3, 0.4) is 0 Å². The molecule has 2 aromatic rings. The summed E-state index contributed by atoms with van der Waals surface area (Å²) in [6.07, 6.45) is 1.52. The zero-order valence-electron chi connectivity index (χ0n) is 10.0. The van der Waals surface area contributed by atoms with E-state index >= 15 is 0 Å². The molecule has 1 aromatic heterocycles. The van der Waals surface area contributed by atoms with E-state index in [9.17, 15) is 9.59 Å². The predicted molar refractivity (Wildman–Crippen MR) is 71.0 cm³/mol. The Morgan fingerprint density at radius 2 is 1.89 bits per heavy atom. The summed E-state index contributed by atoms with van der Waals surface area (Å²) in [5, 5.41) is 8.84. The minimum absolute atomic E-state index is 0.162. The number of benzene rings is 1. The molecule has 0 unspecified atom stereocenters. The molecule has 94 valence electrons. The second-order valence-electron chi connectivity index (χ2n) is 3.83. The summed E-state index contributed by atoms with van der Waals surface area (Å²) in [5.74, 6) is 4.53. The lowest BCUT2D eigenvalue weighted by atomic mass is 10.2. The molecule has 0 fully saturated rings. The Labute approximate surface area is 109 Å². The highest BCUT2D eigenvalue weighted by Gasteiger charge is 2.08. The molecule has 2 rings (SSSR count). The number of rotatable bonds is 2. The molecule has 0 spiro atoms. The van der Waals surface area contributed by atoms with Crippen molar-refractivity contribution in [2.75, 3.05) is 0 Å². The van der Waals surface area contributed by atoms with Crippen molar-refractivity contribution >= 4 is 5.97 Å². The first-order valence-electron chi connectivity index (χ1n) is 5.65. The summed E-state index contributed by atoms with van der Waals surface area (Å²) in [6, 6.07) is 12.2. The summed E-state index contributed by atoms with van der Waals surface area (Å²) in [7, 11) is 0. The number of hydrogen-bond donors (Lipinski definition) is 1. The normalized spacial score (nSPS) is 9.47. The van der Waals surface area contributed by atoms with Crippen LogP contribution in [-0.4, -0.2) is 15.6 Å². The van der Waals surface area contributed by atoms with Crippen molar-refractivity contribution < 1.29 is 9.90 Å². The Morgan fingerprint density at radius 1 is 1.16 bits per heavy atom. The van der Waals surface area contributed by atoms with Gasteiger partial charge in [0.05, 0.1) is 6.54 Å². The van der Waals surface area contributed by atoms with Gasteiger partial charge >= 0.3 is 5.97 Å². The zero-order chi connectivity index (χ0) is 13.7. The summed E-state index contributed by atoms with van der Waals surface area (Å²) in [5.41, 5.74) is 0.0614. The van der Waals surface area contributed by atoms with Crippen molar-refractivity contribution in [1.29, 1.82) is 0 Å². The summed E-state index contributed by atoms with van der Waals surface area (Å²) >= 11 is 0. The van der Waals surface area contributed by atoms with Crippen molar-refractivity contribution in [2.45, 2.75) is 6.54 Å². The molecule has 0 saturated carbocycles. The first-order valence-corrected chi connectivity index (χ1v) is 5.65. The van der Waals surface area contributed by atoms with E-state index in [1.165, 1.54) is 22.9 Å². The highest BCUT2D eigenvalue weighted by molar-refractivity contribution is 5.86. The lowest BCUT2D eigenvalue weighted by Crippen LogP contribution is -2.25. The maximum absolute atomic E-state index is 11.8. The highest BCUT2D eigenvalue weighted by Crippen LogP contribution is 1.95. The summed E-state index contributed by atoms with van der Waals surface area (Å²) in [6.45, 7) is 0.162. The van der Waals surface area contributed by atoms with Gasteiger partial charge in [0, 0.05) is 11.8 Å². The van der Waals surface area contributed by atoms with Crippen LogP contribution in [-0.2, 0) is 6.54 Å². The number of aromatic carboxylic acids is 1. The van der Waals surface area contributed by atoms with Gasteiger partial charge in [-0.1, -0.05) is 30.0 Å². The number of carboxylic acid groups (broad SMARTS) is 1. The van der Waals surface area contributed by atoms with Gasteiger partial charge in [0.2, 0.25) is 0 Å². The van der Waals surface area contributed by atoms with E-state index in [1.54, 1.807) is 0 Å². The van der Waals surface area contributed by atoms with Crippen molar-refractivity contribution in [3.8, 4) is 11.8 Å². The topological polar surface area (TPSA) is 59.3 Å². The molecule has 4 nitrogen and oxygen atoms in total. The molecule has 19 heavy (non-hydrogen) atoms. The number of nitrogens with zero attached hydrogens (tertiary/aromatic N) is 1. The van der Waals surface area contributed by atoms with Crippen LogP contribution in [0.25, 0.3) is 0 Å². The maximum Gasteiger partial charge on any atom is 0.341 e. The molecular formula is C15H11NO3. The number of aromatic nitrogens is 1. The monoisotopic (exact) mass is 253 g/mol. The predicted octanol–water partition coefficient (Wildman–Crippen LogP) is 1.60. The molecule has 0 atom stereocenters. The van der Waals surface area contributed by atoms with Crippen LogP contribution < -0.4 is 5.56 Å². The largest absolute Gasteiger partial charge is 0.477 e. The minimum atomic E-state index is -1.23. The zero-order valence-corrected chi connectivity index (χ0v) is 10.0. The molecule has 0 aliphatic rings. The molecule has 1 heterocycles. The molecule has 0 bridgehead atoms.